The first kappa shape index (κ1) is 12.2. The molecule has 0 aliphatic carbocycles. The number of aliphatic hydroxyl groups is 2. The van der Waals surface area contributed by atoms with Crippen LogP contribution in [0.3, 0.4) is 0 Å². The average molecular weight is 274 g/mol. The van der Waals surface area contributed by atoms with Gasteiger partial charge < -0.3 is 15.9 Å². The molecule has 0 saturated carbocycles. The van der Waals surface area contributed by atoms with Gasteiger partial charge in [-0.1, -0.05) is 40.2 Å². The quantitative estimate of drug-likeness (QED) is 0.697. The number of primary amides is 1. The van der Waals surface area contributed by atoms with Crippen LogP contribution in [0.15, 0.2) is 24.3 Å². The number of aliphatic hydroxyl groups excluding tert-OH is 2. The van der Waals surface area contributed by atoms with Crippen molar-refractivity contribution in [1.29, 1.82) is 0 Å². The van der Waals surface area contributed by atoms with Gasteiger partial charge >= 0.3 is 0 Å². The molecule has 0 aromatic heterocycles. The molecule has 1 aromatic rings. The third-order valence-corrected chi connectivity index (χ3v) is 2.71. The van der Waals surface area contributed by atoms with Gasteiger partial charge in [0.1, 0.15) is 6.10 Å². The Kier molecular flexibility index (Phi) is 4.26. The fourth-order valence-electron chi connectivity index (χ4n) is 1.14. The van der Waals surface area contributed by atoms with Crippen LogP contribution in [0.2, 0.25) is 0 Å². The molecule has 0 bridgehead atoms. The highest BCUT2D eigenvalue weighted by molar-refractivity contribution is 9.08. The number of rotatable bonds is 4. The molecule has 4 nitrogen and oxygen atoms in total. The highest BCUT2D eigenvalue weighted by Gasteiger charge is 2.22. The van der Waals surface area contributed by atoms with Crippen molar-refractivity contribution >= 4 is 21.8 Å². The minimum absolute atomic E-state index is 0.464. The van der Waals surface area contributed by atoms with E-state index in [-0.39, 0.29) is 0 Å². The molecule has 2 atom stereocenters. The van der Waals surface area contributed by atoms with E-state index in [4.69, 9.17) is 5.73 Å². The lowest BCUT2D eigenvalue weighted by Crippen LogP contribution is -2.33. The molecule has 1 amide bonds. The largest absolute Gasteiger partial charge is 0.385 e. The maximum atomic E-state index is 10.6. The summed E-state index contributed by atoms with van der Waals surface area (Å²) in [7, 11) is 0. The summed E-state index contributed by atoms with van der Waals surface area (Å²) in [5.74, 6) is -0.938. The predicted octanol–water partition coefficient (Wildman–Crippen LogP) is 0.461. The van der Waals surface area contributed by atoms with Gasteiger partial charge in [0.05, 0.1) is 0 Å². The summed E-state index contributed by atoms with van der Waals surface area (Å²) in [6, 6.07) is 6.88. The first-order valence-electron chi connectivity index (χ1n) is 4.36. The third kappa shape index (κ3) is 3.02. The molecular weight excluding hydrogens is 262 g/mol. The third-order valence-electron chi connectivity index (χ3n) is 2.07. The van der Waals surface area contributed by atoms with Crippen LogP contribution in [0.1, 0.15) is 17.2 Å². The van der Waals surface area contributed by atoms with E-state index in [2.05, 4.69) is 15.9 Å². The molecule has 0 aliphatic heterocycles. The van der Waals surface area contributed by atoms with Gasteiger partial charge in [-0.25, -0.2) is 0 Å². The zero-order valence-corrected chi connectivity index (χ0v) is 9.52. The van der Waals surface area contributed by atoms with Crippen LogP contribution in [0.5, 0.6) is 0 Å². The second-order valence-corrected chi connectivity index (χ2v) is 3.73. The first-order valence-corrected chi connectivity index (χ1v) is 5.48. The molecule has 82 valence electrons. The first-order chi connectivity index (χ1) is 7.06. The van der Waals surface area contributed by atoms with Crippen molar-refractivity contribution in [2.75, 3.05) is 0 Å². The van der Waals surface area contributed by atoms with Crippen molar-refractivity contribution in [3.63, 3.8) is 0 Å². The van der Waals surface area contributed by atoms with E-state index in [1.807, 2.05) is 0 Å². The topological polar surface area (TPSA) is 83.6 Å². The summed E-state index contributed by atoms with van der Waals surface area (Å²) in [5, 5.41) is 19.5. The Balaban J connectivity index is 2.82. The number of alkyl halides is 1. The number of hydrogen-bond donors (Lipinski definition) is 3. The average Bonchev–Trinajstić information content (AvgIpc) is 2.27. The second-order valence-electron chi connectivity index (χ2n) is 3.17. The number of carbonyl (C=O) groups is 1. The number of halogens is 1. The fourth-order valence-corrected chi connectivity index (χ4v) is 1.52. The lowest BCUT2D eigenvalue weighted by atomic mass is 10.0. The van der Waals surface area contributed by atoms with Crippen LogP contribution < -0.4 is 5.73 Å². The van der Waals surface area contributed by atoms with Gasteiger partial charge in [0, 0.05) is 5.33 Å². The van der Waals surface area contributed by atoms with Crippen LogP contribution in [0.4, 0.5) is 0 Å². The smallest absolute Gasteiger partial charge is 0.249 e. The van der Waals surface area contributed by atoms with Gasteiger partial charge in [-0.15, -0.1) is 0 Å². The SMILES string of the molecule is NC(=O)C(O)C(O)c1ccc(CBr)cc1. The van der Waals surface area contributed by atoms with Gasteiger partial charge in [0.25, 0.3) is 0 Å². The molecule has 0 radical (unpaired) electrons. The second kappa shape index (κ2) is 5.25. The van der Waals surface area contributed by atoms with Crippen molar-refractivity contribution in [2.45, 2.75) is 17.5 Å². The Morgan fingerprint density at radius 3 is 2.27 bits per heavy atom. The molecule has 2 unspecified atom stereocenters. The summed E-state index contributed by atoms with van der Waals surface area (Å²) < 4.78 is 0. The Bertz CT molecular complexity index is 339. The number of carbonyl (C=O) groups excluding carboxylic acids is 1. The Hall–Kier alpha value is -0.910. The number of benzene rings is 1. The molecule has 1 aromatic carbocycles. The van der Waals surface area contributed by atoms with Gasteiger partial charge in [-0.3, -0.25) is 4.79 Å². The van der Waals surface area contributed by atoms with Crippen LogP contribution >= 0.6 is 15.9 Å². The molecule has 0 heterocycles. The molecule has 1 rings (SSSR count). The lowest BCUT2D eigenvalue weighted by Gasteiger charge is -2.15. The Morgan fingerprint density at radius 2 is 1.87 bits per heavy atom. The standard InChI is InChI=1S/C10H12BrNO3/c11-5-6-1-3-7(4-2-6)8(13)9(14)10(12)15/h1-4,8-9,13-14H,5H2,(H2,12,15). The maximum Gasteiger partial charge on any atom is 0.249 e. The summed E-state index contributed by atoms with van der Waals surface area (Å²) >= 11 is 3.29. The van der Waals surface area contributed by atoms with Crippen LogP contribution in [-0.2, 0) is 10.1 Å². The highest BCUT2D eigenvalue weighted by Crippen LogP contribution is 2.18. The summed E-state index contributed by atoms with van der Waals surface area (Å²) in [6.45, 7) is 0. The summed E-state index contributed by atoms with van der Waals surface area (Å²) in [5.41, 5.74) is 6.38. The van der Waals surface area contributed by atoms with E-state index < -0.39 is 18.1 Å². The normalized spacial score (nSPS) is 14.6. The minimum atomic E-state index is -1.57. The van der Waals surface area contributed by atoms with Gasteiger partial charge in [-0.05, 0) is 11.1 Å². The Labute approximate surface area is 95.8 Å². The zero-order valence-electron chi connectivity index (χ0n) is 7.93. The number of amides is 1. The van der Waals surface area contributed by atoms with E-state index in [1.54, 1.807) is 24.3 Å². The molecular formula is C10H12BrNO3. The van der Waals surface area contributed by atoms with Crippen LogP contribution in [0, 0.1) is 0 Å². The molecule has 0 spiro atoms. The van der Waals surface area contributed by atoms with E-state index in [0.717, 1.165) is 5.56 Å². The van der Waals surface area contributed by atoms with Crippen molar-refractivity contribution < 1.29 is 15.0 Å². The van der Waals surface area contributed by atoms with Gasteiger partial charge in [0.2, 0.25) is 5.91 Å². The van der Waals surface area contributed by atoms with Crippen molar-refractivity contribution in [3.8, 4) is 0 Å². The van der Waals surface area contributed by atoms with Crippen LogP contribution in [-0.4, -0.2) is 22.2 Å². The maximum absolute atomic E-state index is 10.6. The van der Waals surface area contributed by atoms with E-state index in [9.17, 15) is 15.0 Å². The van der Waals surface area contributed by atoms with E-state index >= 15 is 0 Å². The monoisotopic (exact) mass is 273 g/mol. The summed E-state index contributed by atoms with van der Waals surface area (Å²) in [4.78, 5) is 10.6. The number of nitrogens with two attached hydrogens (primary N) is 1. The lowest BCUT2D eigenvalue weighted by molar-refractivity contribution is -0.131. The number of hydrogen-bond acceptors (Lipinski definition) is 3. The molecule has 0 aliphatic rings. The van der Waals surface area contributed by atoms with Gasteiger partial charge in [-0.2, -0.15) is 0 Å². The molecule has 0 fully saturated rings. The Morgan fingerprint density at radius 1 is 1.33 bits per heavy atom. The van der Waals surface area contributed by atoms with Crippen molar-refractivity contribution in [3.05, 3.63) is 35.4 Å². The van der Waals surface area contributed by atoms with E-state index in [0.29, 0.717) is 10.9 Å². The molecule has 5 heteroatoms. The van der Waals surface area contributed by atoms with Crippen molar-refractivity contribution in [2.24, 2.45) is 5.73 Å². The molecule has 15 heavy (non-hydrogen) atoms. The predicted molar refractivity (Wildman–Crippen MR) is 59.2 cm³/mol. The highest BCUT2D eigenvalue weighted by atomic mass is 79.9. The molecule has 0 saturated heterocycles. The van der Waals surface area contributed by atoms with Crippen molar-refractivity contribution in [1.82, 2.24) is 0 Å². The minimum Gasteiger partial charge on any atom is -0.385 e. The summed E-state index contributed by atoms with van der Waals surface area (Å²) in [6.07, 6.45) is -2.84. The fraction of sp³-hybridized carbons (Fsp3) is 0.300. The molecule has 4 N–H and O–H groups in total. The zero-order chi connectivity index (χ0) is 11.4. The van der Waals surface area contributed by atoms with Gasteiger partial charge in [0.15, 0.2) is 6.10 Å². The van der Waals surface area contributed by atoms with Crippen LogP contribution in [0.25, 0.3) is 0 Å². The van der Waals surface area contributed by atoms with E-state index in [1.165, 1.54) is 0 Å².